The van der Waals surface area contributed by atoms with Crippen LogP contribution in [0, 0.1) is 0 Å². The van der Waals surface area contributed by atoms with Crippen molar-refractivity contribution in [3.8, 4) is 0 Å². The highest BCUT2D eigenvalue weighted by Crippen LogP contribution is 2.14. The van der Waals surface area contributed by atoms with E-state index in [4.69, 9.17) is 14.2 Å². The third kappa shape index (κ3) is 40.2. The third-order valence-corrected chi connectivity index (χ3v) is 10.4. The summed E-state index contributed by atoms with van der Waals surface area (Å²) in [6.07, 6.45) is 54.1. The fraction of sp³-hybridized carbons (Fsp3) is 0.712. The molecular formula is C52H90NO7+. The van der Waals surface area contributed by atoms with Crippen molar-refractivity contribution in [3.05, 3.63) is 72.9 Å². The number of carboxylic acids is 1. The van der Waals surface area contributed by atoms with Gasteiger partial charge in [-0.1, -0.05) is 177 Å². The minimum Gasteiger partial charge on any atom is -0.477 e. The number of nitrogens with zero attached hydrogens (tertiary/aromatic N) is 1. The molecule has 60 heavy (non-hydrogen) atoms. The highest BCUT2D eigenvalue weighted by atomic mass is 16.6. The van der Waals surface area contributed by atoms with Gasteiger partial charge >= 0.3 is 17.9 Å². The second-order valence-electron chi connectivity index (χ2n) is 17.0. The minimum atomic E-state index is -0.891. The molecule has 0 aliphatic carbocycles. The lowest BCUT2D eigenvalue weighted by molar-refractivity contribution is -0.887. The number of carbonyl (C=O) groups excluding carboxylic acids is 2. The van der Waals surface area contributed by atoms with Gasteiger partial charge in [-0.05, 0) is 64.2 Å². The average molecular weight is 841 g/mol. The standard InChI is InChI=1S/C52H89NO7/c1-6-8-10-12-14-16-18-20-22-23-24-25-26-27-29-30-32-34-36-38-40-42-50(54)59-47-48(46-58-45-44-49(52(56)57)53(3,4)5)60-51(55)43-41-39-37-35-33-31-28-21-19-17-15-13-11-9-7-2/h9,11,15,17,21,23-24,28,33,35,39,41,48-49H,6-8,10,12-14,16,18-20,22,25-27,29-32,34,36-38,40,42-47H2,1-5H3/p+1/b11-9-,17-15-,24-23-,28-21-,35-33-,41-39-. The number of unbranched alkanes of at least 4 members (excludes halogenated alkanes) is 17. The van der Waals surface area contributed by atoms with E-state index >= 15 is 0 Å². The molecule has 0 rings (SSSR count). The molecule has 0 aliphatic heterocycles. The van der Waals surface area contributed by atoms with Gasteiger partial charge in [-0.3, -0.25) is 9.59 Å². The molecule has 8 nitrogen and oxygen atoms in total. The highest BCUT2D eigenvalue weighted by Gasteiger charge is 2.31. The van der Waals surface area contributed by atoms with Gasteiger partial charge in [0, 0.05) is 12.8 Å². The number of likely N-dealkylation sites (N-methyl/N-ethyl adjacent to an activating group) is 1. The van der Waals surface area contributed by atoms with E-state index in [9.17, 15) is 19.5 Å². The smallest absolute Gasteiger partial charge is 0.362 e. The number of rotatable bonds is 42. The second kappa shape index (κ2) is 42.5. The summed E-state index contributed by atoms with van der Waals surface area (Å²) >= 11 is 0. The molecular weight excluding hydrogens is 751 g/mol. The summed E-state index contributed by atoms with van der Waals surface area (Å²) in [5.74, 6) is -1.63. The van der Waals surface area contributed by atoms with Crippen LogP contribution in [-0.2, 0) is 28.6 Å². The largest absolute Gasteiger partial charge is 0.477 e. The number of quaternary nitrogens is 1. The van der Waals surface area contributed by atoms with Gasteiger partial charge in [-0.2, -0.15) is 0 Å². The van der Waals surface area contributed by atoms with Gasteiger partial charge in [0.15, 0.2) is 12.1 Å². The maximum absolute atomic E-state index is 12.7. The normalized spacial score (nSPS) is 13.6. The lowest BCUT2D eigenvalue weighted by Crippen LogP contribution is -2.50. The average Bonchev–Trinajstić information content (AvgIpc) is 3.21. The summed E-state index contributed by atoms with van der Waals surface area (Å²) in [4.78, 5) is 37.0. The van der Waals surface area contributed by atoms with E-state index < -0.39 is 24.1 Å². The molecule has 0 fully saturated rings. The number of carbonyl (C=O) groups is 3. The van der Waals surface area contributed by atoms with Crippen molar-refractivity contribution in [2.24, 2.45) is 0 Å². The topological polar surface area (TPSA) is 99.1 Å². The molecule has 2 unspecified atom stereocenters. The second-order valence-corrected chi connectivity index (χ2v) is 17.0. The van der Waals surface area contributed by atoms with E-state index in [2.05, 4.69) is 74.6 Å². The fourth-order valence-electron chi connectivity index (χ4n) is 6.69. The number of ether oxygens (including phenoxy) is 3. The van der Waals surface area contributed by atoms with Crippen LogP contribution in [0.1, 0.15) is 187 Å². The number of hydrogen-bond acceptors (Lipinski definition) is 6. The number of esters is 2. The Balaban J connectivity index is 4.36. The van der Waals surface area contributed by atoms with E-state index in [-0.39, 0.29) is 36.7 Å². The number of aliphatic carboxylic acids is 1. The molecule has 0 spiro atoms. The SMILES string of the molecule is CC/C=C\C/C=C\C/C=C\C/C=C\C/C=C\CC(=O)OC(COCCC(C(=O)O)[N+](C)(C)C)COC(=O)CCCCCCCCCCC/C=C\CCCCCCCCCC. The van der Waals surface area contributed by atoms with Gasteiger partial charge in [0.25, 0.3) is 0 Å². The maximum atomic E-state index is 12.7. The molecule has 0 saturated heterocycles. The molecule has 0 saturated carbocycles. The van der Waals surface area contributed by atoms with Gasteiger partial charge in [0.1, 0.15) is 6.61 Å². The van der Waals surface area contributed by atoms with E-state index in [1.165, 1.54) is 103 Å². The first kappa shape index (κ1) is 56.8. The molecule has 0 aromatic carbocycles. The summed E-state index contributed by atoms with van der Waals surface area (Å²) in [6, 6.07) is -0.634. The van der Waals surface area contributed by atoms with Crippen molar-refractivity contribution in [2.45, 2.75) is 199 Å². The Labute approximate surface area is 368 Å². The summed E-state index contributed by atoms with van der Waals surface area (Å²) in [7, 11) is 5.49. The van der Waals surface area contributed by atoms with Crippen LogP contribution in [0.5, 0.6) is 0 Å². The van der Waals surface area contributed by atoms with Crippen LogP contribution in [-0.4, -0.2) is 80.6 Å². The van der Waals surface area contributed by atoms with E-state index in [0.717, 1.165) is 44.9 Å². The molecule has 0 heterocycles. The molecule has 344 valence electrons. The van der Waals surface area contributed by atoms with Crippen molar-refractivity contribution < 1.29 is 38.2 Å². The van der Waals surface area contributed by atoms with E-state index in [1.54, 1.807) is 6.08 Å². The molecule has 8 heteroatoms. The monoisotopic (exact) mass is 841 g/mol. The quantitative estimate of drug-likeness (QED) is 0.0283. The van der Waals surface area contributed by atoms with Crippen LogP contribution in [0.3, 0.4) is 0 Å². The molecule has 0 radical (unpaired) electrons. The zero-order valence-electron chi connectivity index (χ0n) is 39.1. The molecule has 0 aliphatic rings. The van der Waals surface area contributed by atoms with Crippen LogP contribution in [0.15, 0.2) is 72.9 Å². The van der Waals surface area contributed by atoms with Crippen molar-refractivity contribution in [1.82, 2.24) is 0 Å². The summed E-state index contributed by atoms with van der Waals surface area (Å²) in [5.41, 5.74) is 0. The highest BCUT2D eigenvalue weighted by molar-refractivity contribution is 5.72. The first-order valence-corrected chi connectivity index (χ1v) is 24.0. The van der Waals surface area contributed by atoms with Gasteiger partial charge in [-0.25, -0.2) is 4.79 Å². The Kier molecular flexibility index (Phi) is 40.2. The van der Waals surface area contributed by atoms with Gasteiger partial charge in [0.2, 0.25) is 0 Å². The maximum Gasteiger partial charge on any atom is 0.362 e. The van der Waals surface area contributed by atoms with Crippen LogP contribution in [0.25, 0.3) is 0 Å². The van der Waals surface area contributed by atoms with Crippen molar-refractivity contribution in [3.63, 3.8) is 0 Å². The lowest BCUT2D eigenvalue weighted by atomic mass is 10.1. The Morgan fingerprint density at radius 3 is 1.45 bits per heavy atom. The Hall–Kier alpha value is -3.23. The zero-order chi connectivity index (χ0) is 44.2. The van der Waals surface area contributed by atoms with Crippen molar-refractivity contribution in [2.75, 3.05) is 41.0 Å². The Morgan fingerprint density at radius 1 is 0.533 bits per heavy atom. The predicted molar refractivity (Wildman–Crippen MR) is 252 cm³/mol. The van der Waals surface area contributed by atoms with Crippen LogP contribution >= 0.6 is 0 Å². The molecule has 2 atom stereocenters. The molecule has 0 amide bonds. The number of carboxylic acid groups (broad SMARTS) is 1. The molecule has 0 bridgehead atoms. The number of allylic oxidation sites excluding steroid dienone is 11. The Bertz CT molecular complexity index is 1210. The van der Waals surface area contributed by atoms with Crippen LogP contribution in [0.2, 0.25) is 0 Å². The fourth-order valence-corrected chi connectivity index (χ4v) is 6.69. The first-order chi connectivity index (χ1) is 29.1. The lowest BCUT2D eigenvalue weighted by Gasteiger charge is -2.31. The van der Waals surface area contributed by atoms with Crippen LogP contribution < -0.4 is 0 Å². The zero-order valence-corrected chi connectivity index (χ0v) is 39.1. The van der Waals surface area contributed by atoms with Crippen LogP contribution in [0.4, 0.5) is 0 Å². The first-order valence-electron chi connectivity index (χ1n) is 24.0. The predicted octanol–water partition coefficient (Wildman–Crippen LogP) is 13.5. The van der Waals surface area contributed by atoms with Gasteiger partial charge < -0.3 is 23.8 Å². The molecule has 0 aromatic rings. The van der Waals surface area contributed by atoms with Crippen molar-refractivity contribution in [1.29, 1.82) is 0 Å². The summed E-state index contributed by atoms with van der Waals surface area (Å²) in [5, 5.41) is 9.63. The van der Waals surface area contributed by atoms with E-state index in [0.29, 0.717) is 19.3 Å². The number of hydrogen-bond donors (Lipinski definition) is 1. The Morgan fingerprint density at radius 2 is 0.983 bits per heavy atom. The summed E-state index contributed by atoms with van der Waals surface area (Å²) < 4.78 is 17.2. The minimum absolute atomic E-state index is 0.0181. The summed E-state index contributed by atoms with van der Waals surface area (Å²) in [6.45, 7) is 4.51. The molecule has 1 N–H and O–H groups in total. The van der Waals surface area contributed by atoms with Gasteiger partial charge in [-0.15, -0.1) is 0 Å². The van der Waals surface area contributed by atoms with E-state index in [1.807, 2.05) is 27.2 Å². The van der Waals surface area contributed by atoms with Gasteiger partial charge in [0.05, 0.1) is 40.8 Å². The third-order valence-electron chi connectivity index (χ3n) is 10.4. The molecule has 0 aromatic heterocycles. The van der Waals surface area contributed by atoms with Crippen molar-refractivity contribution >= 4 is 17.9 Å².